The number of likely N-dealkylation sites (tertiary alicyclic amines) is 1. The summed E-state index contributed by atoms with van der Waals surface area (Å²) in [6.45, 7) is 2.92. The number of hydrogen-bond acceptors (Lipinski definition) is 3. The maximum absolute atomic E-state index is 13.1. The molecule has 0 aromatic heterocycles. The van der Waals surface area contributed by atoms with Gasteiger partial charge in [-0.1, -0.05) is 78.9 Å². The van der Waals surface area contributed by atoms with Gasteiger partial charge in [-0.25, -0.2) is 0 Å². The summed E-state index contributed by atoms with van der Waals surface area (Å²) in [7, 11) is 0. The minimum absolute atomic E-state index is 0.123. The lowest BCUT2D eigenvalue weighted by Crippen LogP contribution is -2.36. The van der Waals surface area contributed by atoms with E-state index in [2.05, 4.69) is 58.8 Å². The quantitative estimate of drug-likeness (QED) is 0.347. The first-order valence-corrected chi connectivity index (χ1v) is 12.7. The second-order valence-corrected chi connectivity index (χ2v) is 9.75. The molecule has 36 heavy (non-hydrogen) atoms. The van der Waals surface area contributed by atoms with Crippen molar-refractivity contribution in [1.29, 1.82) is 5.26 Å². The van der Waals surface area contributed by atoms with E-state index in [-0.39, 0.29) is 11.9 Å². The van der Waals surface area contributed by atoms with Crippen molar-refractivity contribution in [2.24, 2.45) is 5.92 Å². The highest BCUT2D eigenvalue weighted by Crippen LogP contribution is 2.26. The Balaban J connectivity index is 1.15. The summed E-state index contributed by atoms with van der Waals surface area (Å²) in [5, 5.41) is 14.7. The Labute approximate surface area is 213 Å². The van der Waals surface area contributed by atoms with Gasteiger partial charge in [-0.2, -0.15) is 5.26 Å². The van der Waals surface area contributed by atoms with E-state index in [1.165, 1.54) is 10.9 Å². The van der Waals surface area contributed by atoms with Crippen molar-refractivity contribution in [2.45, 2.75) is 31.8 Å². The monoisotopic (exact) mass is 473 g/mol. The molecular weight excluding hydrogens is 442 g/mol. The van der Waals surface area contributed by atoms with Gasteiger partial charge in [0.05, 0.1) is 17.7 Å². The fourth-order valence-corrected chi connectivity index (χ4v) is 5.20. The summed E-state index contributed by atoms with van der Waals surface area (Å²) in [6.07, 6.45) is 2.64. The van der Waals surface area contributed by atoms with Crippen molar-refractivity contribution in [2.75, 3.05) is 13.1 Å². The van der Waals surface area contributed by atoms with Crippen LogP contribution in [0.1, 0.15) is 47.6 Å². The summed E-state index contributed by atoms with van der Waals surface area (Å²) in [6, 6.07) is 34.8. The Morgan fingerprint density at radius 3 is 2.11 bits per heavy atom. The highest BCUT2D eigenvalue weighted by molar-refractivity contribution is 5.84. The molecule has 0 aliphatic carbocycles. The van der Waals surface area contributed by atoms with Gasteiger partial charge in [0.2, 0.25) is 5.91 Å². The van der Waals surface area contributed by atoms with E-state index in [0.717, 1.165) is 49.0 Å². The number of carbonyl (C=O) groups excluding carboxylic acids is 1. The third kappa shape index (κ3) is 5.82. The summed E-state index contributed by atoms with van der Waals surface area (Å²) in [5.41, 5.74) is 4.19. The van der Waals surface area contributed by atoms with E-state index >= 15 is 0 Å². The van der Waals surface area contributed by atoms with Gasteiger partial charge in [0.15, 0.2) is 0 Å². The number of carbonyl (C=O) groups is 1. The van der Waals surface area contributed by atoms with Crippen molar-refractivity contribution in [3.8, 4) is 6.07 Å². The van der Waals surface area contributed by atoms with E-state index < -0.39 is 0 Å². The molecule has 4 aromatic carbocycles. The Bertz CT molecular complexity index is 1310. The topological polar surface area (TPSA) is 56.1 Å². The summed E-state index contributed by atoms with van der Waals surface area (Å²) in [4.78, 5) is 15.5. The molecule has 180 valence electrons. The first kappa shape index (κ1) is 23.8. The zero-order valence-corrected chi connectivity index (χ0v) is 20.4. The minimum Gasteiger partial charge on any atom is -0.345 e. The molecule has 1 N–H and O–H groups in total. The zero-order valence-electron chi connectivity index (χ0n) is 20.4. The molecule has 1 aliphatic rings. The van der Waals surface area contributed by atoms with Gasteiger partial charge in [0, 0.05) is 13.0 Å². The second kappa shape index (κ2) is 11.2. The van der Waals surface area contributed by atoms with Crippen molar-refractivity contribution in [3.63, 3.8) is 0 Å². The average Bonchev–Trinajstić information content (AvgIpc) is 2.93. The summed E-state index contributed by atoms with van der Waals surface area (Å²) >= 11 is 0. The van der Waals surface area contributed by atoms with Gasteiger partial charge in [-0.15, -0.1) is 0 Å². The fourth-order valence-electron chi connectivity index (χ4n) is 5.20. The van der Waals surface area contributed by atoms with E-state index in [1.807, 2.05) is 54.6 Å². The normalized spacial score (nSPS) is 14.6. The van der Waals surface area contributed by atoms with Crippen LogP contribution in [0, 0.1) is 17.2 Å². The highest BCUT2D eigenvalue weighted by atomic mass is 16.1. The van der Waals surface area contributed by atoms with Crippen LogP contribution >= 0.6 is 0 Å². The number of nitrogens with zero attached hydrogens (tertiary/aromatic N) is 2. The smallest absolute Gasteiger partial charge is 0.221 e. The maximum atomic E-state index is 13.1. The van der Waals surface area contributed by atoms with E-state index in [0.29, 0.717) is 17.9 Å². The minimum atomic E-state index is -0.128. The van der Waals surface area contributed by atoms with Crippen LogP contribution in [0.2, 0.25) is 0 Å². The number of benzene rings is 4. The summed E-state index contributed by atoms with van der Waals surface area (Å²) in [5.74, 6) is 0.534. The van der Waals surface area contributed by atoms with Gasteiger partial charge in [-0.05, 0) is 77.5 Å². The van der Waals surface area contributed by atoms with Gasteiger partial charge >= 0.3 is 0 Å². The van der Waals surface area contributed by atoms with Crippen LogP contribution in [0.3, 0.4) is 0 Å². The largest absolute Gasteiger partial charge is 0.345 e. The molecule has 1 fully saturated rings. The van der Waals surface area contributed by atoms with Crippen LogP contribution in [-0.4, -0.2) is 23.9 Å². The van der Waals surface area contributed by atoms with Crippen LogP contribution in [0.15, 0.2) is 97.1 Å². The molecule has 0 radical (unpaired) electrons. The number of piperidine rings is 1. The number of hydrogen-bond donors (Lipinski definition) is 1. The Morgan fingerprint density at radius 2 is 1.47 bits per heavy atom. The van der Waals surface area contributed by atoms with E-state index in [4.69, 9.17) is 5.26 Å². The number of fused-ring (bicyclic) bond motifs is 1. The zero-order chi connectivity index (χ0) is 24.7. The Hall–Kier alpha value is -3.94. The van der Waals surface area contributed by atoms with Crippen LogP contribution < -0.4 is 5.32 Å². The predicted octanol–water partition coefficient (Wildman–Crippen LogP) is 6.22. The number of amides is 1. The van der Waals surface area contributed by atoms with E-state index in [9.17, 15) is 4.79 Å². The second-order valence-electron chi connectivity index (χ2n) is 9.75. The van der Waals surface area contributed by atoms with Crippen LogP contribution in [0.25, 0.3) is 10.8 Å². The third-order valence-corrected chi connectivity index (χ3v) is 7.19. The molecule has 0 atom stereocenters. The maximum Gasteiger partial charge on any atom is 0.221 e. The molecule has 4 heteroatoms. The molecule has 0 spiro atoms. The third-order valence-electron chi connectivity index (χ3n) is 7.19. The lowest BCUT2D eigenvalue weighted by Gasteiger charge is -2.32. The van der Waals surface area contributed by atoms with Crippen LogP contribution in [-0.2, 0) is 11.3 Å². The van der Waals surface area contributed by atoms with Crippen LogP contribution in [0.4, 0.5) is 0 Å². The summed E-state index contributed by atoms with van der Waals surface area (Å²) < 4.78 is 0. The highest BCUT2D eigenvalue weighted by Gasteiger charge is 2.23. The number of nitrogens with one attached hydrogen (secondary N) is 1. The van der Waals surface area contributed by atoms with Crippen molar-refractivity contribution in [1.82, 2.24) is 10.2 Å². The number of rotatable bonds is 7. The van der Waals surface area contributed by atoms with Crippen molar-refractivity contribution >= 4 is 16.7 Å². The molecule has 0 unspecified atom stereocenters. The standard InChI is InChI=1S/C32H31N3O/c33-22-25-11-13-30-20-26(12-14-29(30)19-25)23-35-17-15-24(16-18-35)21-31(36)34-32(27-7-3-1-4-8-27)28-9-5-2-6-10-28/h1-14,19-20,24,32H,15-18,21,23H2,(H,34,36). The molecule has 0 saturated carbocycles. The fraction of sp³-hybridized carbons (Fsp3) is 0.250. The SMILES string of the molecule is N#Cc1ccc2cc(CN3CCC(CC(=O)NC(c4ccccc4)c4ccccc4)CC3)ccc2c1. The molecule has 1 aliphatic heterocycles. The van der Waals surface area contributed by atoms with Gasteiger partial charge in [0.25, 0.3) is 0 Å². The molecule has 1 heterocycles. The Morgan fingerprint density at radius 1 is 0.861 bits per heavy atom. The van der Waals surface area contributed by atoms with Crippen molar-refractivity contribution < 1.29 is 4.79 Å². The average molecular weight is 474 g/mol. The lowest BCUT2D eigenvalue weighted by atomic mass is 9.92. The van der Waals surface area contributed by atoms with Gasteiger partial charge in [-0.3, -0.25) is 9.69 Å². The molecule has 5 rings (SSSR count). The molecule has 4 aromatic rings. The molecule has 4 nitrogen and oxygen atoms in total. The predicted molar refractivity (Wildman–Crippen MR) is 144 cm³/mol. The van der Waals surface area contributed by atoms with Gasteiger partial charge < -0.3 is 5.32 Å². The van der Waals surface area contributed by atoms with Crippen LogP contribution in [0.5, 0.6) is 0 Å². The molecule has 1 amide bonds. The lowest BCUT2D eigenvalue weighted by molar-refractivity contribution is -0.122. The molecule has 1 saturated heterocycles. The molecule has 0 bridgehead atoms. The first-order chi connectivity index (χ1) is 17.7. The first-order valence-electron chi connectivity index (χ1n) is 12.7. The Kier molecular flexibility index (Phi) is 7.40. The molecular formula is C32H31N3O. The van der Waals surface area contributed by atoms with Crippen molar-refractivity contribution in [3.05, 3.63) is 119 Å². The van der Waals surface area contributed by atoms with E-state index in [1.54, 1.807) is 0 Å². The van der Waals surface area contributed by atoms with Gasteiger partial charge in [0.1, 0.15) is 0 Å². The number of nitriles is 1.